The molecule has 0 fully saturated rings. The smallest absolute Gasteiger partial charge is 0.251 e. The molecule has 0 saturated heterocycles. The van der Waals surface area contributed by atoms with Gasteiger partial charge in [0.25, 0.3) is 5.91 Å². The molecule has 0 spiro atoms. The number of hydrogen-bond acceptors (Lipinski definition) is 3. The Labute approximate surface area is 192 Å². The van der Waals surface area contributed by atoms with Gasteiger partial charge in [-0.15, -0.1) is 0 Å². The Morgan fingerprint density at radius 2 is 1.62 bits per heavy atom. The van der Waals surface area contributed by atoms with E-state index < -0.39 is 0 Å². The summed E-state index contributed by atoms with van der Waals surface area (Å²) in [5, 5.41) is 5.79. The molecule has 2 aromatic carbocycles. The number of carbonyl (C=O) groups excluding carboxylic acids is 2. The summed E-state index contributed by atoms with van der Waals surface area (Å²) in [5.41, 5.74) is 2.75. The van der Waals surface area contributed by atoms with Crippen LogP contribution in [0.2, 0.25) is 0 Å². The monoisotopic (exact) mass is 433 g/mol. The van der Waals surface area contributed by atoms with Crippen molar-refractivity contribution in [3.05, 3.63) is 71.3 Å². The fourth-order valence-electron chi connectivity index (χ4n) is 3.31. The summed E-state index contributed by atoms with van der Waals surface area (Å²) < 4.78 is 0. The van der Waals surface area contributed by atoms with Crippen LogP contribution in [0, 0.1) is 11.8 Å². The van der Waals surface area contributed by atoms with E-state index in [1.54, 1.807) is 12.1 Å². The summed E-state index contributed by atoms with van der Waals surface area (Å²) in [5.74, 6) is 5.95. The van der Waals surface area contributed by atoms with Gasteiger partial charge in [-0.05, 0) is 62.2 Å². The predicted octanol–water partition coefficient (Wildman–Crippen LogP) is 3.64. The highest BCUT2D eigenvalue weighted by atomic mass is 16.2. The van der Waals surface area contributed by atoms with Crippen LogP contribution in [0.25, 0.3) is 0 Å². The third-order valence-electron chi connectivity index (χ3n) is 5.32. The van der Waals surface area contributed by atoms with Gasteiger partial charge in [0.2, 0.25) is 5.91 Å². The van der Waals surface area contributed by atoms with Gasteiger partial charge in [-0.2, -0.15) is 0 Å². The molecule has 0 aliphatic rings. The summed E-state index contributed by atoms with van der Waals surface area (Å²) >= 11 is 0. The van der Waals surface area contributed by atoms with Gasteiger partial charge in [-0.1, -0.05) is 56.0 Å². The van der Waals surface area contributed by atoms with Crippen molar-refractivity contribution in [3.63, 3.8) is 0 Å². The van der Waals surface area contributed by atoms with Crippen LogP contribution in [-0.2, 0) is 11.2 Å². The lowest BCUT2D eigenvalue weighted by Gasteiger charge is -2.17. The number of carbonyl (C=O) groups is 2. The van der Waals surface area contributed by atoms with Crippen LogP contribution in [0.15, 0.2) is 54.6 Å². The zero-order valence-corrected chi connectivity index (χ0v) is 19.3. The first-order valence-electron chi connectivity index (χ1n) is 11.5. The van der Waals surface area contributed by atoms with Crippen molar-refractivity contribution in [3.8, 4) is 11.8 Å². The molecule has 170 valence electrons. The molecular formula is C27H35N3O2. The van der Waals surface area contributed by atoms with Gasteiger partial charge in [0.05, 0.1) is 6.54 Å². The van der Waals surface area contributed by atoms with Gasteiger partial charge < -0.3 is 15.5 Å². The highest BCUT2D eigenvalue weighted by Crippen LogP contribution is 2.06. The maximum absolute atomic E-state index is 12.2. The summed E-state index contributed by atoms with van der Waals surface area (Å²) in [6.45, 7) is 8.00. The molecule has 0 radical (unpaired) electrons. The first-order valence-corrected chi connectivity index (χ1v) is 11.5. The second-order valence-electron chi connectivity index (χ2n) is 7.63. The van der Waals surface area contributed by atoms with Crippen molar-refractivity contribution >= 4 is 11.8 Å². The van der Waals surface area contributed by atoms with E-state index in [0.29, 0.717) is 25.1 Å². The normalized spacial score (nSPS) is 10.3. The van der Waals surface area contributed by atoms with Crippen molar-refractivity contribution in [1.29, 1.82) is 0 Å². The Bertz CT molecular complexity index is 879. The Morgan fingerprint density at radius 1 is 0.906 bits per heavy atom. The maximum atomic E-state index is 12.2. The van der Waals surface area contributed by atoms with E-state index in [0.717, 1.165) is 44.5 Å². The minimum absolute atomic E-state index is 0.0316. The van der Waals surface area contributed by atoms with Gasteiger partial charge in [-0.25, -0.2) is 0 Å². The molecule has 0 atom stereocenters. The van der Waals surface area contributed by atoms with Gasteiger partial charge >= 0.3 is 0 Å². The number of aryl methyl sites for hydroxylation is 1. The van der Waals surface area contributed by atoms with Crippen LogP contribution in [-0.4, -0.2) is 49.4 Å². The standard InChI is InChI=1S/C27H35N3O2/c1-3-30(4-2)22-21-29-27(32)25-18-16-24(17-19-25)14-10-20-28-26(31)15-9-8-13-23-11-6-5-7-12-23/h5-7,11-12,16-19H,3-4,8-9,13,15,20-22H2,1-2H3,(H,28,31)(H,29,32). The average molecular weight is 434 g/mol. The molecule has 32 heavy (non-hydrogen) atoms. The topological polar surface area (TPSA) is 61.4 Å². The molecule has 2 N–H and O–H groups in total. The number of likely N-dealkylation sites (N-methyl/N-ethyl adjacent to an activating group) is 1. The van der Waals surface area contributed by atoms with Gasteiger partial charge in [0, 0.05) is 30.6 Å². The molecule has 0 unspecified atom stereocenters. The predicted molar refractivity (Wildman–Crippen MR) is 130 cm³/mol. The number of nitrogens with zero attached hydrogens (tertiary/aromatic N) is 1. The van der Waals surface area contributed by atoms with E-state index in [2.05, 4.69) is 53.4 Å². The molecule has 0 aromatic heterocycles. The van der Waals surface area contributed by atoms with Crippen LogP contribution in [0.1, 0.15) is 54.6 Å². The molecule has 0 bridgehead atoms. The van der Waals surface area contributed by atoms with E-state index in [9.17, 15) is 9.59 Å². The van der Waals surface area contributed by atoms with Crippen molar-refractivity contribution in [1.82, 2.24) is 15.5 Å². The molecule has 5 nitrogen and oxygen atoms in total. The number of nitrogens with one attached hydrogen (secondary N) is 2. The lowest BCUT2D eigenvalue weighted by atomic mass is 10.1. The minimum atomic E-state index is -0.0730. The Morgan fingerprint density at radius 3 is 2.31 bits per heavy atom. The second-order valence-corrected chi connectivity index (χ2v) is 7.63. The van der Waals surface area contributed by atoms with Crippen molar-refractivity contribution in [2.45, 2.75) is 39.5 Å². The molecule has 0 aliphatic carbocycles. The first kappa shape index (κ1) is 25.2. The van der Waals surface area contributed by atoms with Crippen LogP contribution >= 0.6 is 0 Å². The van der Waals surface area contributed by atoms with Crippen LogP contribution in [0.3, 0.4) is 0 Å². The van der Waals surface area contributed by atoms with E-state index in [1.807, 2.05) is 30.3 Å². The van der Waals surface area contributed by atoms with Crippen molar-refractivity contribution in [2.24, 2.45) is 0 Å². The summed E-state index contributed by atoms with van der Waals surface area (Å²) in [4.78, 5) is 26.4. The number of benzene rings is 2. The Hall–Kier alpha value is -3.10. The highest BCUT2D eigenvalue weighted by molar-refractivity contribution is 5.94. The zero-order chi connectivity index (χ0) is 23.0. The molecule has 2 rings (SSSR count). The fourth-order valence-corrected chi connectivity index (χ4v) is 3.31. The molecule has 5 heteroatoms. The maximum Gasteiger partial charge on any atom is 0.251 e. The minimum Gasteiger partial charge on any atom is -0.351 e. The highest BCUT2D eigenvalue weighted by Gasteiger charge is 2.05. The molecule has 2 amide bonds. The van der Waals surface area contributed by atoms with Gasteiger partial charge in [0.15, 0.2) is 0 Å². The largest absolute Gasteiger partial charge is 0.351 e. The van der Waals surface area contributed by atoms with E-state index in [-0.39, 0.29) is 11.8 Å². The molecule has 0 heterocycles. The SMILES string of the molecule is CCN(CC)CCNC(=O)c1ccc(C#CCNC(=O)CCCCc2ccccc2)cc1. The summed E-state index contributed by atoms with van der Waals surface area (Å²) in [6, 6.07) is 17.5. The van der Waals surface area contributed by atoms with Crippen LogP contribution in [0.4, 0.5) is 0 Å². The lowest BCUT2D eigenvalue weighted by Crippen LogP contribution is -2.34. The zero-order valence-electron chi connectivity index (χ0n) is 19.3. The second kappa shape index (κ2) is 14.8. The molecule has 2 aromatic rings. The molecule has 0 saturated carbocycles. The fraction of sp³-hybridized carbons (Fsp3) is 0.407. The van der Waals surface area contributed by atoms with E-state index in [4.69, 9.17) is 0 Å². The molecular weight excluding hydrogens is 398 g/mol. The van der Waals surface area contributed by atoms with E-state index >= 15 is 0 Å². The van der Waals surface area contributed by atoms with Crippen molar-refractivity contribution in [2.75, 3.05) is 32.7 Å². The van der Waals surface area contributed by atoms with Crippen molar-refractivity contribution < 1.29 is 9.59 Å². The summed E-state index contributed by atoms with van der Waals surface area (Å²) in [7, 11) is 0. The average Bonchev–Trinajstić information content (AvgIpc) is 2.83. The quantitative estimate of drug-likeness (QED) is 0.397. The number of amides is 2. The van der Waals surface area contributed by atoms with E-state index in [1.165, 1.54) is 5.56 Å². The van der Waals surface area contributed by atoms with Crippen LogP contribution < -0.4 is 10.6 Å². The third-order valence-corrected chi connectivity index (χ3v) is 5.32. The lowest BCUT2D eigenvalue weighted by molar-refractivity contribution is -0.120. The number of hydrogen-bond donors (Lipinski definition) is 2. The van der Waals surface area contributed by atoms with Gasteiger partial charge in [0.1, 0.15) is 0 Å². The Balaban J connectivity index is 1.63. The Kier molecular flexibility index (Phi) is 11.7. The summed E-state index contributed by atoms with van der Waals surface area (Å²) in [6.07, 6.45) is 3.38. The van der Waals surface area contributed by atoms with Gasteiger partial charge in [-0.3, -0.25) is 9.59 Å². The third kappa shape index (κ3) is 9.80. The molecule has 0 aliphatic heterocycles. The van der Waals surface area contributed by atoms with Crippen LogP contribution in [0.5, 0.6) is 0 Å². The number of rotatable bonds is 12. The first-order chi connectivity index (χ1) is 15.6. The number of unbranched alkanes of at least 4 members (excludes halogenated alkanes) is 1.